The van der Waals surface area contributed by atoms with Gasteiger partial charge < -0.3 is 20.5 Å². The van der Waals surface area contributed by atoms with Crippen LogP contribution in [0.4, 0.5) is 18.9 Å². The maximum atomic E-state index is 15.1. The first-order valence-corrected chi connectivity index (χ1v) is 12.1. The van der Waals surface area contributed by atoms with E-state index in [1.807, 2.05) is 0 Å². The normalized spacial score (nSPS) is 25.5. The molecule has 0 unspecified atom stereocenters. The Morgan fingerprint density at radius 1 is 1.34 bits per heavy atom. The fourth-order valence-electron chi connectivity index (χ4n) is 4.27. The van der Waals surface area contributed by atoms with E-state index in [1.54, 1.807) is 13.8 Å². The van der Waals surface area contributed by atoms with Crippen molar-refractivity contribution < 1.29 is 36.5 Å². The van der Waals surface area contributed by atoms with Crippen LogP contribution in [0.25, 0.3) is 0 Å². The molecule has 1 fully saturated rings. The van der Waals surface area contributed by atoms with Crippen LogP contribution < -0.4 is 15.8 Å². The lowest BCUT2D eigenvalue weighted by Crippen LogP contribution is -2.57. The third-order valence-electron chi connectivity index (χ3n) is 6.39. The standard InChI is InChI=1S/C22H25F3N4O5S/c1-11-6-13(34-20(24)25)8-27-17(11)18(30)28-12-4-5-15(23)14(7-12)22-10-33-9-16(22)35(31,32)21(2,3)19(26)29-22/h4-8,16,20,31-32H,9-10H2,1-3H3,(H2,26,29)(H,28,30)/t16-,22-/m0/s1. The Labute approximate surface area is 200 Å². The highest BCUT2D eigenvalue weighted by Crippen LogP contribution is 2.66. The van der Waals surface area contributed by atoms with Gasteiger partial charge in [0, 0.05) is 11.3 Å². The number of alkyl halides is 2. The molecule has 1 saturated heterocycles. The number of nitrogens with zero attached hydrogens (tertiary/aromatic N) is 2. The molecule has 0 spiro atoms. The van der Waals surface area contributed by atoms with Gasteiger partial charge in [0.2, 0.25) is 0 Å². The maximum absolute atomic E-state index is 15.1. The molecule has 9 nitrogen and oxygen atoms in total. The summed E-state index contributed by atoms with van der Waals surface area (Å²) in [5.74, 6) is -1.59. The number of pyridine rings is 1. The van der Waals surface area contributed by atoms with E-state index in [-0.39, 0.29) is 47.3 Å². The molecule has 2 aliphatic heterocycles. The minimum absolute atomic E-state index is 0.0124. The molecule has 1 amide bonds. The van der Waals surface area contributed by atoms with Crippen molar-refractivity contribution in [3.63, 3.8) is 0 Å². The van der Waals surface area contributed by atoms with Gasteiger partial charge >= 0.3 is 6.61 Å². The second-order valence-corrected chi connectivity index (χ2v) is 11.7. The second-order valence-electron chi connectivity index (χ2n) is 8.89. The highest BCUT2D eigenvalue weighted by molar-refractivity contribution is 8.26. The van der Waals surface area contributed by atoms with Gasteiger partial charge in [0.1, 0.15) is 38.6 Å². The van der Waals surface area contributed by atoms with Crippen LogP contribution in [-0.2, 0) is 10.3 Å². The summed E-state index contributed by atoms with van der Waals surface area (Å²) in [5.41, 5.74) is 5.01. The van der Waals surface area contributed by atoms with E-state index < -0.39 is 44.5 Å². The summed E-state index contributed by atoms with van der Waals surface area (Å²) in [6.07, 6.45) is 0.996. The average molecular weight is 515 g/mol. The number of nitrogens with one attached hydrogen (secondary N) is 1. The Balaban J connectivity index is 1.69. The summed E-state index contributed by atoms with van der Waals surface area (Å²) in [6.45, 7) is 1.39. The quantitative estimate of drug-likeness (QED) is 0.475. The Morgan fingerprint density at radius 3 is 2.71 bits per heavy atom. The number of aromatic nitrogens is 1. The molecule has 0 aliphatic carbocycles. The van der Waals surface area contributed by atoms with Crippen LogP contribution in [0.5, 0.6) is 5.75 Å². The topological polar surface area (TPSA) is 139 Å². The van der Waals surface area contributed by atoms with Crippen LogP contribution in [0, 0.1) is 12.7 Å². The van der Waals surface area contributed by atoms with E-state index in [0.29, 0.717) is 0 Å². The molecule has 2 aliphatic rings. The van der Waals surface area contributed by atoms with Crippen molar-refractivity contribution in [3.05, 3.63) is 53.1 Å². The van der Waals surface area contributed by atoms with E-state index in [4.69, 9.17) is 10.5 Å². The number of carbonyl (C=O) groups excluding carboxylic acids is 1. The minimum Gasteiger partial charge on any atom is -0.433 e. The van der Waals surface area contributed by atoms with Gasteiger partial charge in [-0.3, -0.25) is 18.9 Å². The molecular weight excluding hydrogens is 489 g/mol. The number of hydrogen-bond donors (Lipinski definition) is 4. The number of aryl methyl sites for hydroxylation is 1. The molecule has 35 heavy (non-hydrogen) atoms. The molecule has 13 heteroatoms. The highest BCUT2D eigenvalue weighted by Gasteiger charge is 2.61. The van der Waals surface area contributed by atoms with E-state index in [0.717, 1.165) is 12.3 Å². The number of anilines is 1. The van der Waals surface area contributed by atoms with E-state index in [9.17, 15) is 22.7 Å². The van der Waals surface area contributed by atoms with Crippen molar-refractivity contribution in [1.82, 2.24) is 4.98 Å². The SMILES string of the molecule is Cc1cc(OC(F)F)cnc1C(=O)Nc1ccc(F)c([C@@]23COC[C@@H]2S(O)(O)C(C)(C)C(N)=N3)c1. The minimum atomic E-state index is -3.42. The summed E-state index contributed by atoms with van der Waals surface area (Å²) in [4.78, 5) is 21.2. The number of hydrogen-bond acceptors (Lipinski definition) is 8. The number of fused-ring (bicyclic) bond motifs is 1. The van der Waals surface area contributed by atoms with Crippen molar-refractivity contribution in [3.8, 4) is 5.75 Å². The Morgan fingerprint density at radius 2 is 2.06 bits per heavy atom. The third kappa shape index (κ3) is 4.11. The Kier molecular flexibility index (Phi) is 6.24. The first-order valence-electron chi connectivity index (χ1n) is 10.5. The van der Waals surface area contributed by atoms with Gasteiger partial charge in [0.25, 0.3) is 5.91 Å². The molecule has 2 aromatic rings. The number of halogens is 3. The highest BCUT2D eigenvalue weighted by atomic mass is 32.3. The monoisotopic (exact) mass is 514 g/mol. The number of ether oxygens (including phenoxy) is 2. The number of carbonyl (C=O) groups is 1. The zero-order valence-corrected chi connectivity index (χ0v) is 19.9. The fraction of sp³-hybridized carbons (Fsp3) is 0.409. The molecule has 4 rings (SSSR count). The molecule has 0 radical (unpaired) electrons. The van der Waals surface area contributed by atoms with Gasteiger partial charge in [-0.25, -0.2) is 9.37 Å². The predicted molar refractivity (Wildman–Crippen MR) is 125 cm³/mol. The molecule has 0 saturated carbocycles. The first kappa shape index (κ1) is 25.2. The molecule has 5 N–H and O–H groups in total. The van der Waals surface area contributed by atoms with Gasteiger partial charge in [-0.05, 0) is 50.6 Å². The van der Waals surface area contributed by atoms with Crippen LogP contribution >= 0.6 is 10.6 Å². The van der Waals surface area contributed by atoms with Gasteiger partial charge in [0.05, 0.1) is 19.4 Å². The fourth-order valence-corrected chi connectivity index (χ4v) is 6.42. The zero-order chi connectivity index (χ0) is 25.8. The molecule has 190 valence electrons. The summed E-state index contributed by atoms with van der Waals surface area (Å²) in [6, 6.07) is 5.02. The van der Waals surface area contributed by atoms with Crippen molar-refractivity contribution in [2.45, 2.75) is 42.9 Å². The van der Waals surface area contributed by atoms with Crippen LogP contribution in [0.2, 0.25) is 0 Å². The van der Waals surface area contributed by atoms with E-state index in [1.165, 1.54) is 25.1 Å². The molecule has 0 bridgehead atoms. The maximum Gasteiger partial charge on any atom is 0.387 e. The van der Waals surface area contributed by atoms with Crippen molar-refractivity contribution >= 4 is 28.0 Å². The number of aliphatic imine (C=N–C) groups is 1. The number of amidine groups is 1. The van der Waals surface area contributed by atoms with Crippen molar-refractivity contribution in [2.75, 3.05) is 18.5 Å². The second kappa shape index (κ2) is 8.66. The van der Waals surface area contributed by atoms with Gasteiger partial charge in [-0.2, -0.15) is 19.4 Å². The van der Waals surface area contributed by atoms with Crippen LogP contribution in [0.15, 0.2) is 35.5 Å². The Hall–Kier alpha value is -2.87. The van der Waals surface area contributed by atoms with E-state index in [2.05, 4.69) is 20.0 Å². The molecular formula is C22H25F3N4O5S. The molecule has 2 atom stereocenters. The average Bonchev–Trinajstić information content (AvgIpc) is 3.19. The smallest absolute Gasteiger partial charge is 0.387 e. The van der Waals surface area contributed by atoms with Crippen molar-refractivity contribution in [1.29, 1.82) is 0 Å². The van der Waals surface area contributed by atoms with Gasteiger partial charge in [-0.1, -0.05) is 0 Å². The van der Waals surface area contributed by atoms with Gasteiger partial charge in [-0.15, -0.1) is 0 Å². The summed E-state index contributed by atoms with van der Waals surface area (Å²) >= 11 is 0. The van der Waals surface area contributed by atoms with Crippen LogP contribution in [0.1, 0.15) is 35.5 Å². The van der Waals surface area contributed by atoms with Crippen LogP contribution in [0.3, 0.4) is 0 Å². The largest absolute Gasteiger partial charge is 0.433 e. The zero-order valence-electron chi connectivity index (χ0n) is 19.1. The lowest BCUT2D eigenvalue weighted by Gasteiger charge is -2.56. The Bertz CT molecular complexity index is 1210. The summed E-state index contributed by atoms with van der Waals surface area (Å²) < 4.78 is 70.7. The third-order valence-corrected chi connectivity index (χ3v) is 9.42. The first-order chi connectivity index (χ1) is 16.3. The molecule has 1 aromatic heterocycles. The summed E-state index contributed by atoms with van der Waals surface area (Å²) in [7, 11) is -3.42. The van der Waals surface area contributed by atoms with Crippen LogP contribution in [-0.4, -0.2) is 55.7 Å². The molecule has 3 heterocycles. The number of benzene rings is 1. The lowest BCUT2D eigenvalue weighted by atomic mass is 9.87. The predicted octanol–water partition coefficient (Wildman–Crippen LogP) is 3.88. The van der Waals surface area contributed by atoms with E-state index >= 15 is 4.39 Å². The summed E-state index contributed by atoms with van der Waals surface area (Å²) in [5, 5.41) is 1.64. The number of nitrogens with two attached hydrogens (primary N) is 1. The number of rotatable bonds is 5. The van der Waals surface area contributed by atoms with Gasteiger partial charge in [0.15, 0.2) is 0 Å². The molecule has 1 aromatic carbocycles. The number of amides is 1. The lowest BCUT2D eigenvalue weighted by molar-refractivity contribution is -0.0501. The van der Waals surface area contributed by atoms with Crippen molar-refractivity contribution in [2.24, 2.45) is 10.7 Å².